The highest BCUT2D eigenvalue weighted by Crippen LogP contribution is 2.63. The van der Waals surface area contributed by atoms with Crippen LogP contribution >= 0.6 is 11.6 Å². The van der Waals surface area contributed by atoms with Gasteiger partial charge in [0.2, 0.25) is 0 Å². The van der Waals surface area contributed by atoms with Crippen molar-refractivity contribution in [3.8, 4) is 0 Å². The molecule has 0 saturated heterocycles. The van der Waals surface area contributed by atoms with E-state index in [-0.39, 0.29) is 16.1 Å². The van der Waals surface area contributed by atoms with Crippen LogP contribution in [0.15, 0.2) is 18.2 Å². The molecule has 2 fully saturated rings. The number of nitrogens with one attached hydrogen (secondary N) is 1. The standard InChI is InChI=1S/C16H21ClN2O2/c1-15(2)10-6-7-16(3,9-10)14(15)18-11-4-5-13(19(20)21)12(17)8-11/h4-5,8,10,14,18H,6-7,9H2,1-3H3/t10-,14?,16+/m0/s1. The minimum absolute atomic E-state index is 0.0411. The number of halogens is 1. The lowest BCUT2D eigenvalue weighted by atomic mass is 9.68. The SMILES string of the molecule is CC1(C)C(Nc2ccc([N+](=O)[O-])c(Cl)c2)[C@]2(C)CC[C@H]1C2. The zero-order valence-corrected chi connectivity index (χ0v) is 13.4. The van der Waals surface area contributed by atoms with Gasteiger partial charge in [0, 0.05) is 17.8 Å². The smallest absolute Gasteiger partial charge is 0.288 e. The first-order valence-electron chi connectivity index (χ1n) is 7.44. The lowest BCUT2D eigenvalue weighted by Crippen LogP contribution is -2.45. The fraction of sp³-hybridized carbons (Fsp3) is 0.625. The molecule has 3 rings (SSSR count). The largest absolute Gasteiger partial charge is 0.381 e. The van der Waals surface area contributed by atoms with E-state index in [2.05, 4.69) is 26.1 Å². The van der Waals surface area contributed by atoms with Gasteiger partial charge in [-0.2, -0.15) is 0 Å². The van der Waals surface area contributed by atoms with Crippen molar-refractivity contribution in [2.75, 3.05) is 5.32 Å². The number of hydrogen-bond acceptors (Lipinski definition) is 3. The van der Waals surface area contributed by atoms with E-state index in [4.69, 9.17) is 11.6 Å². The van der Waals surface area contributed by atoms with Gasteiger partial charge in [-0.25, -0.2) is 0 Å². The van der Waals surface area contributed by atoms with Gasteiger partial charge in [-0.3, -0.25) is 10.1 Å². The molecule has 0 aliphatic heterocycles. The van der Waals surface area contributed by atoms with Crippen LogP contribution < -0.4 is 5.32 Å². The molecule has 4 nitrogen and oxygen atoms in total. The van der Waals surface area contributed by atoms with E-state index in [0.717, 1.165) is 11.6 Å². The quantitative estimate of drug-likeness (QED) is 0.640. The molecule has 114 valence electrons. The molecule has 0 radical (unpaired) electrons. The molecule has 1 unspecified atom stereocenters. The highest BCUT2D eigenvalue weighted by molar-refractivity contribution is 6.32. The number of benzene rings is 1. The van der Waals surface area contributed by atoms with Gasteiger partial charge in [0.15, 0.2) is 0 Å². The molecule has 2 aliphatic rings. The van der Waals surface area contributed by atoms with Crippen LogP contribution in [0.2, 0.25) is 5.02 Å². The van der Waals surface area contributed by atoms with Gasteiger partial charge in [-0.15, -0.1) is 0 Å². The highest BCUT2D eigenvalue weighted by Gasteiger charge is 2.59. The van der Waals surface area contributed by atoms with Crippen molar-refractivity contribution in [1.82, 2.24) is 0 Å². The highest BCUT2D eigenvalue weighted by atomic mass is 35.5. The Morgan fingerprint density at radius 1 is 1.38 bits per heavy atom. The van der Waals surface area contributed by atoms with E-state index in [1.54, 1.807) is 12.1 Å². The van der Waals surface area contributed by atoms with Crippen LogP contribution in [0.25, 0.3) is 0 Å². The summed E-state index contributed by atoms with van der Waals surface area (Å²) in [4.78, 5) is 10.4. The Hall–Kier alpha value is -1.29. The van der Waals surface area contributed by atoms with E-state index < -0.39 is 4.92 Å². The Morgan fingerprint density at radius 3 is 2.62 bits per heavy atom. The number of nitro benzene ring substituents is 1. The van der Waals surface area contributed by atoms with Crippen molar-refractivity contribution in [3.05, 3.63) is 33.3 Å². The van der Waals surface area contributed by atoms with E-state index in [1.807, 2.05) is 0 Å². The molecular formula is C16H21ClN2O2. The summed E-state index contributed by atoms with van der Waals surface area (Å²) in [6.45, 7) is 7.01. The number of nitro groups is 1. The second kappa shape index (κ2) is 4.60. The van der Waals surface area contributed by atoms with Crippen LogP contribution in [0.5, 0.6) is 0 Å². The Balaban J connectivity index is 1.87. The maximum atomic E-state index is 10.8. The average molecular weight is 309 g/mol. The minimum Gasteiger partial charge on any atom is -0.381 e. The van der Waals surface area contributed by atoms with Crippen molar-refractivity contribution in [1.29, 1.82) is 0 Å². The maximum Gasteiger partial charge on any atom is 0.288 e. The van der Waals surface area contributed by atoms with Crippen LogP contribution in [0.1, 0.15) is 40.0 Å². The Kier molecular flexibility index (Phi) is 3.21. The van der Waals surface area contributed by atoms with Gasteiger partial charge in [0.1, 0.15) is 5.02 Å². The topological polar surface area (TPSA) is 55.2 Å². The van der Waals surface area contributed by atoms with Crippen molar-refractivity contribution >= 4 is 23.0 Å². The summed E-state index contributed by atoms with van der Waals surface area (Å²) >= 11 is 6.01. The van der Waals surface area contributed by atoms with Crippen LogP contribution in [0.4, 0.5) is 11.4 Å². The summed E-state index contributed by atoms with van der Waals surface area (Å²) in [5.41, 5.74) is 1.38. The van der Waals surface area contributed by atoms with Gasteiger partial charge in [0.05, 0.1) is 4.92 Å². The Morgan fingerprint density at radius 2 is 2.10 bits per heavy atom. The zero-order chi connectivity index (χ0) is 15.4. The number of rotatable bonds is 3. The van der Waals surface area contributed by atoms with Gasteiger partial charge in [0.25, 0.3) is 5.69 Å². The molecule has 1 aromatic carbocycles. The normalized spacial score (nSPS) is 33.1. The molecule has 1 N–H and O–H groups in total. The molecule has 0 amide bonds. The van der Waals surface area contributed by atoms with Crippen molar-refractivity contribution in [3.63, 3.8) is 0 Å². The number of hydrogen-bond donors (Lipinski definition) is 1. The molecule has 2 saturated carbocycles. The third-order valence-corrected chi connectivity index (χ3v) is 6.03. The minimum atomic E-state index is -0.450. The summed E-state index contributed by atoms with van der Waals surface area (Å²) < 4.78 is 0. The first-order valence-corrected chi connectivity index (χ1v) is 7.82. The number of fused-ring (bicyclic) bond motifs is 2. The van der Waals surface area contributed by atoms with Crippen LogP contribution in [0, 0.1) is 26.9 Å². The van der Waals surface area contributed by atoms with Crippen molar-refractivity contribution in [2.24, 2.45) is 16.7 Å². The molecule has 0 spiro atoms. The summed E-state index contributed by atoms with van der Waals surface area (Å²) in [6.07, 6.45) is 3.82. The van der Waals surface area contributed by atoms with Crippen LogP contribution in [0.3, 0.4) is 0 Å². The molecule has 5 heteroatoms. The average Bonchev–Trinajstić information content (AvgIpc) is 2.85. The molecule has 0 aromatic heterocycles. The van der Waals surface area contributed by atoms with E-state index in [1.165, 1.54) is 25.3 Å². The van der Waals surface area contributed by atoms with Crippen LogP contribution in [-0.2, 0) is 0 Å². The van der Waals surface area contributed by atoms with E-state index >= 15 is 0 Å². The van der Waals surface area contributed by atoms with E-state index in [0.29, 0.717) is 11.5 Å². The van der Waals surface area contributed by atoms with Gasteiger partial charge in [-0.1, -0.05) is 32.4 Å². The van der Waals surface area contributed by atoms with Crippen molar-refractivity contribution in [2.45, 2.75) is 46.1 Å². The number of anilines is 1. The lowest BCUT2D eigenvalue weighted by molar-refractivity contribution is -0.384. The summed E-state index contributed by atoms with van der Waals surface area (Å²) in [5, 5.41) is 14.6. The lowest BCUT2D eigenvalue weighted by Gasteiger charge is -2.43. The van der Waals surface area contributed by atoms with Crippen LogP contribution in [-0.4, -0.2) is 11.0 Å². The molecular weight excluding hydrogens is 288 g/mol. The Labute approximate surface area is 130 Å². The third kappa shape index (κ3) is 2.20. The molecule has 3 atom stereocenters. The molecule has 1 aromatic rings. The third-order valence-electron chi connectivity index (χ3n) is 5.73. The zero-order valence-electron chi connectivity index (χ0n) is 12.6. The summed E-state index contributed by atoms with van der Waals surface area (Å²) in [7, 11) is 0. The summed E-state index contributed by atoms with van der Waals surface area (Å²) in [5.74, 6) is 0.758. The second-order valence-corrected chi connectivity index (χ2v) is 7.82. The maximum absolute atomic E-state index is 10.8. The van der Waals surface area contributed by atoms with E-state index in [9.17, 15) is 10.1 Å². The first kappa shape index (κ1) is 14.6. The summed E-state index contributed by atoms with van der Waals surface area (Å²) in [6, 6.07) is 5.29. The van der Waals surface area contributed by atoms with Gasteiger partial charge >= 0.3 is 0 Å². The number of nitrogens with zero attached hydrogens (tertiary/aromatic N) is 1. The van der Waals surface area contributed by atoms with Crippen molar-refractivity contribution < 1.29 is 4.92 Å². The fourth-order valence-corrected chi connectivity index (χ4v) is 4.82. The van der Waals surface area contributed by atoms with Gasteiger partial charge in [-0.05, 0) is 48.1 Å². The molecule has 2 aliphatic carbocycles. The Bertz CT molecular complexity index is 597. The predicted octanol–water partition coefficient (Wildman–Crippen LogP) is 4.87. The molecule has 0 heterocycles. The second-order valence-electron chi connectivity index (χ2n) is 7.42. The first-order chi connectivity index (χ1) is 9.74. The predicted molar refractivity (Wildman–Crippen MR) is 84.7 cm³/mol. The monoisotopic (exact) mass is 308 g/mol. The fourth-order valence-electron chi connectivity index (χ4n) is 4.57. The molecule has 21 heavy (non-hydrogen) atoms. The van der Waals surface area contributed by atoms with Gasteiger partial charge < -0.3 is 5.32 Å². The molecule has 2 bridgehead atoms.